The number of aromatic hydroxyl groups is 2. The minimum atomic E-state index is 0.0470. The Hall–Kier alpha value is -1.61. The van der Waals surface area contributed by atoms with Gasteiger partial charge in [-0.15, -0.1) is 0 Å². The second kappa shape index (κ2) is 12.1. The molecule has 1 aliphatic heterocycles. The van der Waals surface area contributed by atoms with Crippen molar-refractivity contribution in [2.75, 3.05) is 0 Å². The van der Waals surface area contributed by atoms with Gasteiger partial charge in [-0.05, 0) is 58.8 Å². The molecule has 35 heavy (non-hydrogen) atoms. The Balaban J connectivity index is 1.93. The van der Waals surface area contributed by atoms with Crippen molar-refractivity contribution >= 4 is 11.8 Å². The molecule has 2 aromatic carbocycles. The first kappa shape index (κ1) is 28.0. The lowest BCUT2D eigenvalue weighted by Gasteiger charge is -2.23. The number of hydrogen-bond donors (Lipinski definition) is 2. The maximum absolute atomic E-state index is 11.2. The highest BCUT2D eigenvalue weighted by molar-refractivity contribution is 7.97. The number of phenolic OH excluding ortho intramolecular Hbond substituents is 2. The molecule has 2 N–H and O–H groups in total. The molecule has 0 aromatic heterocycles. The van der Waals surface area contributed by atoms with Crippen molar-refractivity contribution in [3.05, 3.63) is 57.6 Å². The van der Waals surface area contributed by atoms with Crippen LogP contribution in [-0.2, 0) is 35.2 Å². The summed E-state index contributed by atoms with van der Waals surface area (Å²) in [5.74, 6) is 2.46. The molecule has 3 rings (SSSR count). The topological polar surface area (TPSA) is 40.5 Å². The minimum absolute atomic E-state index is 0.0470. The zero-order valence-corrected chi connectivity index (χ0v) is 23.9. The molecule has 1 heterocycles. The molecular weight excluding hydrogens is 448 g/mol. The fraction of sp³-hybridized carbons (Fsp3) is 0.625. The Morgan fingerprint density at radius 3 is 1.17 bits per heavy atom. The molecule has 0 saturated heterocycles. The zero-order valence-electron chi connectivity index (χ0n) is 23.1. The van der Waals surface area contributed by atoms with E-state index in [0.29, 0.717) is 11.5 Å². The van der Waals surface area contributed by atoms with Gasteiger partial charge in [0.1, 0.15) is 11.5 Å². The van der Waals surface area contributed by atoms with E-state index in [1.165, 1.54) is 49.7 Å². The van der Waals surface area contributed by atoms with E-state index in [1.54, 1.807) is 11.8 Å². The lowest BCUT2D eigenvalue weighted by atomic mass is 9.84. The summed E-state index contributed by atoms with van der Waals surface area (Å²) in [6.45, 7) is 13.5. The van der Waals surface area contributed by atoms with Gasteiger partial charge < -0.3 is 10.2 Å². The smallest absolute Gasteiger partial charge is 0.122 e. The van der Waals surface area contributed by atoms with E-state index >= 15 is 0 Å². The molecule has 0 spiro atoms. The molecular formula is C32H48O2S. The van der Waals surface area contributed by atoms with Crippen molar-refractivity contribution < 1.29 is 10.2 Å². The highest BCUT2D eigenvalue weighted by Crippen LogP contribution is 2.37. The van der Waals surface area contributed by atoms with Gasteiger partial charge in [-0.2, -0.15) is 11.8 Å². The third-order valence-electron chi connectivity index (χ3n) is 7.42. The maximum atomic E-state index is 11.2. The lowest BCUT2D eigenvalue weighted by molar-refractivity contribution is 0.458. The average molecular weight is 497 g/mol. The summed E-state index contributed by atoms with van der Waals surface area (Å²) >= 11 is 1.79. The maximum Gasteiger partial charge on any atom is 0.122 e. The fourth-order valence-corrected chi connectivity index (χ4v) is 5.93. The second-order valence-corrected chi connectivity index (χ2v) is 13.6. The highest BCUT2D eigenvalue weighted by Gasteiger charge is 2.21. The lowest BCUT2D eigenvalue weighted by Crippen LogP contribution is -2.12. The van der Waals surface area contributed by atoms with E-state index in [4.69, 9.17) is 0 Å². The molecule has 4 bridgehead atoms. The number of aryl methyl sites for hydroxylation is 2. The summed E-state index contributed by atoms with van der Waals surface area (Å²) in [6.07, 6.45) is 11.8. The first-order valence-electron chi connectivity index (χ1n) is 13.7. The molecule has 0 radical (unpaired) electrons. The van der Waals surface area contributed by atoms with E-state index in [0.717, 1.165) is 59.4 Å². The first-order valence-corrected chi connectivity index (χ1v) is 14.9. The minimum Gasteiger partial charge on any atom is -0.507 e. The van der Waals surface area contributed by atoms with Crippen LogP contribution in [0.4, 0.5) is 0 Å². The van der Waals surface area contributed by atoms with Crippen molar-refractivity contribution in [1.29, 1.82) is 0 Å². The van der Waals surface area contributed by atoms with Gasteiger partial charge in [0.2, 0.25) is 0 Å². The van der Waals surface area contributed by atoms with Gasteiger partial charge in [0.05, 0.1) is 0 Å². The van der Waals surface area contributed by atoms with Crippen LogP contribution in [0.2, 0.25) is 0 Å². The van der Waals surface area contributed by atoms with Crippen LogP contribution in [0.15, 0.2) is 24.3 Å². The van der Waals surface area contributed by atoms with Gasteiger partial charge in [-0.25, -0.2) is 0 Å². The van der Waals surface area contributed by atoms with E-state index in [-0.39, 0.29) is 10.8 Å². The monoisotopic (exact) mass is 496 g/mol. The number of benzene rings is 2. The largest absolute Gasteiger partial charge is 0.507 e. The van der Waals surface area contributed by atoms with Gasteiger partial charge in [-0.1, -0.05) is 104 Å². The number of hydrogen-bond acceptors (Lipinski definition) is 3. The summed E-state index contributed by atoms with van der Waals surface area (Å²) < 4.78 is 0. The van der Waals surface area contributed by atoms with E-state index in [9.17, 15) is 10.2 Å². The Kier molecular flexibility index (Phi) is 9.66. The summed E-state index contributed by atoms with van der Waals surface area (Å²) in [4.78, 5) is 0. The van der Waals surface area contributed by atoms with Crippen molar-refractivity contribution in [3.63, 3.8) is 0 Å². The number of rotatable bonds is 0. The fourth-order valence-electron chi connectivity index (χ4n) is 4.95. The second-order valence-electron chi connectivity index (χ2n) is 12.6. The molecule has 194 valence electrons. The van der Waals surface area contributed by atoms with Crippen LogP contribution in [0.25, 0.3) is 0 Å². The van der Waals surface area contributed by atoms with Crippen molar-refractivity contribution in [2.24, 2.45) is 0 Å². The molecule has 0 atom stereocenters. The van der Waals surface area contributed by atoms with Crippen molar-refractivity contribution in [2.45, 2.75) is 128 Å². The Morgan fingerprint density at radius 2 is 0.829 bits per heavy atom. The molecule has 2 nitrogen and oxygen atoms in total. The first-order chi connectivity index (χ1) is 16.5. The highest BCUT2D eigenvalue weighted by atomic mass is 32.2. The number of phenols is 2. The van der Waals surface area contributed by atoms with Crippen LogP contribution in [0.3, 0.4) is 0 Å². The predicted molar refractivity (Wildman–Crippen MR) is 153 cm³/mol. The third kappa shape index (κ3) is 7.94. The molecule has 0 unspecified atom stereocenters. The Labute approximate surface area is 218 Å². The summed E-state index contributed by atoms with van der Waals surface area (Å²) in [7, 11) is 0. The van der Waals surface area contributed by atoms with Gasteiger partial charge in [0, 0.05) is 22.6 Å². The Bertz CT molecular complexity index is 899. The number of thioether (sulfide) groups is 1. The van der Waals surface area contributed by atoms with Crippen LogP contribution in [0.1, 0.15) is 126 Å². The SMILES string of the molecule is CC(C)(C)c1cc2c(O)c(c1)CSCc1cc(C(C)(C)C)cc(c1O)CCCCCCCCCC2. The summed E-state index contributed by atoms with van der Waals surface area (Å²) in [6, 6.07) is 8.87. The zero-order chi connectivity index (χ0) is 25.6. The standard InChI is InChI=1S/C32H48O2S/c1-31(2,3)27-17-23-15-13-11-9-7-8-10-12-14-16-24-18-28(32(4,5)6)20-26(30(24)34)22-35-21-25(19-27)29(23)33/h17-20,33-34H,7-16,21-22H2,1-6H3. The van der Waals surface area contributed by atoms with Gasteiger partial charge in [-0.3, -0.25) is 0 Å². The molecule has 0 saturated carbocycles. The molecule has 0 amide bonds. The quantitative estimate of drug-likeness (QED) is 0.382. The van der Waals surface area contributed by atoms with Crippen molar-refractivity contribution in [3.8, 4) is 11.5 Å². The predicted octanol–water partition coefficient (Wildman–Crippen LogP) is 9.35. The Morgan fingerprint density at radius 1 is 0.514 bits per heavy atom. The van der Waals surface area contributed by atoms with Gasteiger partial charge in [0.15, 0.2) is 0 Å². The van der Waals surface area contributed by atoms with Gasteiger partial charge >= 0.3 is 0 Å². The molecule has 0 aliphatic carbocycles. The van der Waals surface area contributed by atoms with E-state index < -0.39 is 0 Å². The molecule has 2 aromatic rings. The van der Waals surface area contributed by atoms with Crippen LogP contribution >= 0.6 is 11.8 Å². The molecule has 3 heteroatoms. The molecule has 0 fully saturated rings. The molecule has 1 aliphatic rings. The average Bonchev–Trinajstić information content (AvgIpc) is 2.76. The van der Waals surface area contributed by atoms with Gasteiger partial charge in [0.25, 0.3) is 0 Å². The summed E-state index contributed by atoms with van der Waals surface area (Å²) in [5, 5.41) is 22.3. The van der Waals surface area contributed by atoms with Crippen LogP contribution in [-0.4, -0.2) is 10.2 Å². The number of fused-ring (bicyclic) bond motifs is 4. The van der Waals surface area contributed by atoms with E-state index in [1.807, 2.05) is 0 Å². The normalized spacial score (nSPS) is 17.3. The van der Waals surface area contributed by atoms with Crippen LogP contribution in [0, 0.1) is 0 Å². The van der Waals surface area contributed by atoms with Crippen LogP contribution in [0.5, 0.6) is 11.5 Å². The van der Waals surface area contributed by atoms with E-state index in [2.05, 4.69) is 65.8 Å². The summed E-state index contributed by atoms with van der Waals surface area (Å²) in [5.41, 5.74) is 6.95. The van der Waals surface area contributed by atoms with Crippen molar-refractivity contribution in [1.82, 2.24) is 0 Å². The van der Waals surface area contributed by atoms with Crippen LogP contribution < -0.4 is 0 Å². The third-order valence-corrected chi connectivity index (χ3v) is 8.46.